The van der Waals surface area contributed by atoms with Crippen molar-refractivity contribution >= 4 is 21.6 Å². The van der Waals surface area contributed by atoms with Crippen LogP contribution in [0.4, 0.5) is 5.69 Å². The van der Waals surface area contributed by atoms with Gasteiger partial charge in [0.1, 0.15) is 11.9 Å². The summed E-state index contributed by atoms with van der Waals surface area (Å²) in [5.41, 5.74) is 2.73. The Balaban J connectivity index is 2.00. The molecule has 2 aromatic rings. The predicted octanol–water partition coefficient (Wildman–Crippen LogP) is 4.04. The van der Waals surface area contributed by atoms with Crippen LogP contribution in [0.1, 0.15) is 34.6 Å². The smallest absolute Gasteiger partial charge is 0.226 e. The van der Waals surface area contributed by atoms with E-state index < -0.39 is 15.3 Å². The van der Waals surface area contributed by atoms with Crippen molar-refractivity contribution in [1.82, 2.24) is 4.72 Å². The van der Waals surface area contributed by atoms with E-state index in [0.717, 1.165) is 16.8 Å². The molecule has 2 aromatic carbocycles. The Bertz CT molecular complexity index is 922. The van der Waals surface area contributed by atoms with Crippen LogP contribution in [-0.4, -0.2) is 32.2 Å². The van der Waals surface area contributed by atoms with E-state index in [-0.39, 0.29) is 24.5 Å². The largest absolute Gasteiger partial charge is 0.489 e. The van der Waals surface area contributed by atoms with Crippen LogP contribution in [-0.2, 0) is 14.8 Å². The zero-order valence-corrected chi connectivity index (χ0v) is 18.4. The summed E-state index contributed by atoms with van der Waals surface area (Å²) in [6, 6.07) is 15.2. The molecule has 1 amide bonds. The molecule has 2 rings (SSSR count). The molecule has 0 aliphatic heterocycles. The van der Waals surface area contributed by atoms with E-state index in [1.54, 1.807) is 13.8 Å². The van der Waals surface area contributed by atoms with Crippen molar-refractivity contribution in [3.63, 3.8) is 0 Å². The molecule has 158 valence electrons. The quantitative estimate of drug-likeness (QED) is 0.644. The van der Waals surface area contributed by atoms with Crippen molar-refractivity contribution < 1.29 is 17.9 Å². The molecule has 0 saturated heterocycles. The first-order chi connectivity index (χ1) is 13.6. The summed E-state index contributed by atoms with van der Waals surface area (Å²) in [6.45, 7) is 9.00. The van der Waals surface area contributed by atoms with Crippen molar-refractivity contribution in [3.8, 4) is 16.9 Å². The molecule has 0 spiro atoms. The summed E-state index contributed by atoms with van der Waals surface area (Å²) in [5, 5.41) is 2.43. The molecule has 0 aliphatic rings. The number of carbonyl (C=O) groups excluding carboxylic acids is 1. The molecule has 6 nitrogen and oxygen atoms in total. The second-order valence-electron chi connectivity index (χ2n) is 7.62. The number of hydrogen-bond acceptors (Lipinski definition) is 4. The van der Waals surface area contributed by atoms with Crippen LogP contribution in [0.2, 0.25) is 0 Å². The van der Waals surface area contributed by atoms with Crippen molar-refractivity contribution in [1.29, 1.82) is 0 Å². The monoisotopic (exact) mass is 418 g/mol. The fourth-order valence-corrected chi connectivity index (χ4v) is 3.26. The number of benzene rings is 2. The van der Waals surface area contributed by atoms with E-state index in [9.17, 15) is 13.2 Å². The van der Waals surface area contributed by atoms with Gasteiger partial charge in [-0.15, -0.1) is 0 Å². The minimum atomic E-state index is -3.31. The zero-order valence-electron chi connectivity index (χ0n) is 17.6. The number of rotatable bonds is 9. The highest BCUT2D eigenvalue weighted by molar-refractivity contribution is 7.90. The van der Waals surface area contributed by atoms with Gasteiger partial charge in [0.2, 0.25) is 15.9 Å². The number of hydrogen-bond donors (Lipinski definition) is 2. The summed E-state index contributed by atoms with van der Waals surface area (Å²) < 4.78 is 32.0. The summed E-state index contributed by atoms with van der Waals surface area (Å²) in [6.07, 6.45) is -0.302. The molecule has 1 atom stereocenters. The van der Waals surface area contributed by atoms with Gasteiger partial charge in [-0.3, -0.25) is 4.79 Å². The van der Waals surface area contributed by atoms with Crippen LogP contribution >= 0.6 is 0 Å². The number of amides is 1. The summed E-state index contributed by atoms with van der Waals surface area (Å²) in [7, 11) is -3.31. The predicted molar refractivity (Wildman–Crippen MR) is 117 cm³/mol. The number of nitrogens with one attached hydrogen (secondary N) is 2. The lowest BCUT2D eigenvalue weighted by atomic mass is 10.0. The topological polar surface area (TPSA) is 84.5 Å². The average Bonchev–Trinajstić information content (AvgIpc) is 2.67. The maximum Gasteiger partial charge on any atom is 0.226 e. The molecule has 0 aliphatic carbocycles. The van der Waals surface area contributed by atoms with Crippen molar-refractivity contribution in [2.75, 3.05) is 11.9 Å². The average molecular weight is 419 g/mol. The Kier molecular flexibility index (Phi) is 7.81. The van der Waals surface area contributed by atoms with Crippen LogP contribution in [0.3, 0.4) is 0 Å². The lowest BCUT2D eigenvalue weighted by Gasteiger charge is -2.17. The Hall–Kier alpha value is -2.38. The molecular weight excluding hydrogens is 388 g/mol. The summed E-state index contributed by atoms with van der Waals surface area (Å²) in [5.74, 6) is 0.560. The van der Waals surface area contributed by atoms with Gasteiger partial charge in [0.05, 0.1) is 5.25 Å². The van der Waals surface area contributed by atoms with Crippen LogP contribution < -0.4 is 14.8 Å². The molecule has 0 saturated carbocycles. The Labute approximate surface area is 173 Å². The number of carbonyl (C=O) groups is 1. The molecule has 0 radical (unpaired) electrons. The molecule has 0 heterocycles. The minimum absolute atomic E-state index is 0.0204. The zero-order chi connectivity index (χ0) is 21.6. The summed E-state index contributed by atoms with van der Waals surface area (Å²) >= 11 is 0. The molecular formula is C22H30N2O4S. The van der Waals surface area contributed by atoms with Gasteiger partial charge in [-0.25, -0.2) is 13.1 Å². The van der Waals surface area contributed by atoms with E-state index in [1.807, 2.05) is 69.3 Å². The van der Waals surface area contributed by atoms with Crippen LogP contribution in [0, 0.1) is 5.92 Å². The number of sulfonamides is 1. The maximum absolute atomic E-state index is 11.9. The molecule has 1 unspecified atom stereocenters. The SMILES string of the molecule is CC(CNS(=O)(=O)C(C)C)Oc1ccc(-c2cccc(NC(=O)C(C)C)c2)cc1. The van der Waals surface area contributed by atoms with Gasteiger partial charge in [0.15, 0.2) is 0 Å². The Morgan fingerprint density at radius 3 is 2.21 bits per heavy atom. The van der Waals surface area contributed by atoms with Gasteiger partial charge < -0.3 is 10.1 Å². The van der Waals surface area contributed by atoms with E-state index in [1.165, 1.54) is 0 Å². The second-order valence-corrected chi connectivity index (χ2v) is 9.94. The van der Waals surface area contributed by atoms with E-state index in [2.05, 4.69) is 10.0 Å². The molecule has 7 heteroatoms. The van der Waals surface area contributed by atoms with Gasteiger partial charge in [0, 0.05) is 18.2 Å². The van der Waals surface area contributed by atoms with Crippen molar-refractivity contribution in [2.24, 2.45) is 5.92 Å². The second kappa shape index (κ2) is 9.89. The van der Waals surface area contributed by atoms with Crippen LogP contribution in [0.5, 0.6) is 5.75 Å². The minimum Gasteiger partial charge on any atom is -0.489 e. The first kappa shape index (κ1) is 22.9. The van der Waals surface area contributed by atoms with E-state index in [0.29, 0.717) is 5.75 Å². The standard InChI is InChI=1S/C22H30N2O4S/c1-15(2)22(25)24-20-8-6-7-19(13-20)18-9-11-21(12-10-18)28-17(5)14-23-29(26,27)16(3)4/h6-13,15-17,23H,14H2,1-5H3,(H,24,25). The van der Waals surface area contributed by atoms with Gasteiger partial charge in [-0.2, -0.15) is 0 Å². The van der Waals surface area contributed by atoms with E-state index in [4.69, 9.17) is 4.74 Å². The molecule has 29 heavy (non-hydrogen) atoms. The highest BCUT2D eigenvalue weighted by Crippen LogP contribution is 2.25. The molecule has 0 fully saturated rings. The first-order valence-electron chi connectivity index (χ1n) is 9.75. The third kappa shape index (κ3) is 6.87. The van der Waals surface area contributed by atoms with Crippen molar-refractivity contribution in [2.45, 2.75) is 46.0 Å². The molecule has 2 N–H and O–H groups in total. The fourth-order valence-electron chi connectivity index (χ4n) is 2.46. The van der Waals surface area contributed by atoms with E-state index >= 15 is 0 Å². The third-order valence-electron chi connectivity index (χ3n) is 4.37. The van der Waals surface area contributed by atoms with Crippen LogP contribution in [0.15, 0.2) is 48.5 Å². The van der Waals surface area contributed by atoms with Gasteiger partial charge in [0.25, 0.3) is 0 Å². The number of anilines is 1. The van der Waals surface area contributed by atoms with Gasteiger partial charge in [-0.1, -0.05) is 38.1 Å². The first-order valence-corrected chi connectivity index (χ1v) is 11.3. The van der Waals surface area contributed by atoms with Crippen molar-refractivity contribution in [3.05, 3.63) is 48.5 Å². The third-order valence-corrected chi connectivity index (χ3v) is 6.18. The normalized spacial score (nSPS) is 12.8. The Morgan fingerprint density at radius 1 is 0.966 bits per heavy atom. The Morgan fingerprint density at radius 2 is 1.62 bits per heavy atom. The van der Waals surface area contributed by atoms with Crippen LogP contribution in [0.25, 0.3) is 11.1 Å². The highest BCUT2D eigenvalue weighted by Gasteiger charge is 2.17. The molecule has 0 aromatic heterocycles. The highest BCUT2D eigenvalue weighted by atomic mass is 32.2. The summed E-state index contributed by atoms with van der Waals surface area (Å²) in [4.78, 5) is 11.9. The number of ether oxygens (including phenoxy) is 1. The lowest BCUT2D eigenvalue weighted by Crippen LogP contribution is -2.37. The van der Waals surface area contributed by atoms with Gasteiger partial charge in [-0.05, 0) is 56.2 Å². The molecule has 0 bridgehead atoms. The van der Waals surface area contributed by atoms with Gasteiger partial charge >= 0.3 is 0 Å². The maximum atomic E-state index is 11.9. The fraction of sp³-hybridized carbons (Fsp3) is 0.409. The lowest BCUT2D eigenvalue weighted by molar-refractivity contribution is -0.118.